The van der Waals surface area contributed by atoms with Crippen LogP contribution < -0.4 is 0 Å². The van der Waals surface area contributed by atoms with Gasteiger partial charge in [-0.3, -0.25) is 9.59 Å². The molecule has 0 spiro atoms. The van der Waals surface area contributed by atoms with Gasteiger partial charge in [0.15, 0.2) is 0 Å². The number of allylic oxidation sites excluding steroid dienone is 2. The van der Waals surface area contributed by atoms with E-state index < -0.39 is 0 Å². The van der Waals surface area contributed by atoms with Gasteiger partial charge in [-0.1, -0.05) is 12.2 Å². The monoisotopic (exact) mass is 250 g/mol. The van der Waals surface area contributed by atoms with Gasteiger partial charge in [0.1, 0.15) is 0 Å². The zero-order valence-electron chi connectivity index (χ0n) is 10.7. The molecule has 0 aromatic rings. The van der Waals surface area contributed by atoms with E-state index in [4.69, 9.17) is 9.47 Å². The molecule has 0 heterocycles. The number of esters is 2. The van der Waals surface area contributed by atoms with Crippen LogP contribution in [0.15, 0.2) is 12.2 Å². The van der Waals surface area contributed by atoms with Gasteiger partial charge in [-0.25, -0.2) is 0 Å². The lowest BCUT2D eigenvalue weighted by Gasteiger charge is -2.57. The number of methoxy groups -OCH3 is 2. The van der Waals surface area contributed by atoms with Gasteiger partial charge in [-0.15, -0.1) is 0 Å². The molecule has 4 rings (SSSR count). The van der Waals surface area contributed by atoms with Crippen LogP contribution >= 0.6 is 0 Å². The highest BCUT2D eigenvalue weighted by molar-refractivity contribution is 5.84. The molecule has 4 aliphatic carbocycles. The molecule has 2 bridgehead atoms. The molecule has 4 nitrogen and oxygen atoms in total. The summed E-state index contributed by atoms with van der Waals surface area (Å²) < 4.78 is 9.79. The summed E-state index contributed by atoms with van der Waals surface area (Å²) in [6, 6.07) is 0. The molecular formula is C14H18O4. The fourth-order valence-corrected chi connectivity index (χ4v) is 4.18. The fraction of sp³-hybridized carbons (Fsp3) is 0.714. The standard InChI is InChI=1S/C14H18O4/c1-17-13(15)11-9-5-6-10(8-4-3-7(8)9)12(11)14(16)18-2/h5-12H,3-4H2,1-2H3. The quantitative estimate of drug-likeness (QED) is 0.549. The maximum Gasteiger partial charge on any atom is 0.310 e. The van der Waals surface area contributed by atoms with Gasteiger partial charge < -0.3 is 9.47 Å². The Morgan fingerprint density at radius 2 is 1.28 bits per heavy atom. The van der Waals surface area contributed by atoms with Crippen LogP contribution in [-0.4, -0.2) is 26.2 Å². The Bertz CT molecular complexity index is 376. The topological polar surface area (TPSA) is 52.6 Å². The van der Waals surface area contributed by atoms with Crippen LogP contribution in [0.2, 0.25) is 0 Å². The summed E-state index contributed by atoms with van der Waals surface area (Å²) in [5.74, 6) is 0.203. The molecule has 0 radical (unpaired) electrons. The third-order valence-electron chi connectivity index (χ3n) is 5.09. The van der Waals surface area contributed by atoms with Crippen molar-refractivity contribution in [1.29, 1.82) is 0 Å². The first-order valence-electron chi connectivity index (χ1n) is 6.53. The summed E-state index contributed by atoms with van der Waals surface area (Å²) in [5.41, 5.74) is 0. The molecule has 4 aliphatic rings. The van der Waals surface area contributed by atoms with Gasteiger partial charge in [-0.05, 0) is 36.5 Å². The first kappa shape index (κ1) is 11.8. The highest BCUT2D eigenvalue weighted by Crippen LogP contribution is 2.59. The second-order valence-electron chi connectivity index (χ2n) is 5.54. The SMILES string of the molecule is COC(=O)C1C2C=CC(C3CCC23)C1C(=O)OC. The maximum atomic E-state index is 12.0. The predicted octanol–water partition coefficient (Wildman–Crippen LogP) is 1.41. The number of carbonyl (C=O) groups is 2. The van der Waals surface area contributed by atoms with Crippen LogP contribution in [0.4, 0.5) is 0 Å². The second kappa shape index (κ2) is 4.11. The minimum Gasteiger partial charge on any atom is -0.469 e. The van der Waals surface area contributed by atoms with Crippen molar-refractivity contribution in [3.05, 3.63) is 12.2 Å². The molecule has 0 saturated heterocycles. The molecule has 0 N–H and O–H groups in total. The minimum atomic E-state index is -0.348. The Labute approximate surface area is 106 Å². The van der Waals surface area contributed by atoms with E-state index in [0.29, 0.717) is 11.8 Å². The Balaban J connectivity index is 1.97. The smallest absolute Gasteiger partial charge is 0.310 e. The molecule has 0 amide bonds. The van der Waals surface area contributed by atoms with Gasteiger partial charge in [0.05, 0.1) is 26.1 Å². The number of carbonyl (C=O) groups excluding carboxylic acids is 2. The van der Waals surface area contributed by atoms with E-state index in [1.165, 1.54) is 14.2 Å². The number of hydrogen-bond acceptors (Lipinski definition) is 4. The average Bonchev–Trinajstić information content (AvgIpc) is 2.35. The van der Waals surface area contributed by atoms with Crippen LogP contribution in [0.5, 0.6) is 0 Å². The largest absolute Gasteiger partial charge is 0.469 e. The molecule has 2 fully saturated rings. The van der Waals surface area contributed by atoms with Crippen molar-refractivity contribution >= 4 is 11.9 Å². The van der Waals surface area contributed by atoms with E-state index in [2.05, 4.69) is 12.2 Å². The van der Waals surface area contributed by atoms with Crippen LogP contribution in [0.1, 0.15) is 12.8 Å². The molecule has 0 aromatic carbocycles. The van der Waals surface area contributed by atoms with Crippen molar-refractivity contribution in [2.45, 2.75) is 12.8 Å². The number of rotatable bonds is 2. The van der Waals surface area contributed by atoms with Gasteiger partial charge in [0, 0.05) is 0 Å². The van der Waals surface area contributed by atoms with E-state index in [9.17, 15) is 9.59 Å². The second-order valence-corrected chi connectivity index (χ2v) is 5.54. The third kappa shape index (κ3) is 1.38. The average molecular weight is 250 g/mol. The summed E-state index contributed by atoms with van der Waals surface area (Å²) >= 11 is 0. The van der Waals surface area contributed by atoms with E-state index in [-0.39, 0.29) is 35.6 Å². The summed E-state index contributed by atoms with van der Waals surface area (Å²) in [6.45, 7) is 0. The summed E-state index contributed by atoms with van der Waals surface area (Å²) in [5, 5.41) is 0. The van der Waals surface area contributed by atoms with Crippen molar-refractivity contribution in [2.24, 2.45) is 35.5 Å². The number of fused-ring (bicyclic) bond motifs is 1. The van der Waals surface area contributed by atoms with E-state index >= 15 is 0 Å². The highest BCUT2D eigenvalue weighted by Gasteiger charge is 2.59. The normalized spacial score (nSPS) is 43.9. The van der Waals surface area contributed by atoms with Gasteiger partial charge in [0.2, 0.25) is 0 Å². The van der Waals surface area contributed by atoms with Crippen LogP contribution in [0.3, 0.4) is 0 Å². The first-order chi connectivity index (χ1) is 8.69. The Morgan fingerprint density at radius 1 is 0.889 bits per heavy atom. The van der Waals surface area contributed by atoms with Crippen molar-refractivity contribution in [2.75, 3.05) is 14.2 Å². The summed E-state index contributed by atoms with van der Waals surface area (Å²) in [6.07, 6.45) is 6.56. The molecule has 0 aromatic heterocycles. The Kier molecular flexibility index (Phi) is 2.68. The van der Waals surface area contributed by atoms with Crippen molar-refractivity contribution in [3.63, 3.8) is 0 Å². The lowest BCUT2D eigenvalue weighted by molar-refractivity contribution is -0.174. The maximum absolute atomic E-state index is 12.0. The van der Waals surface area contributed by atoms with Gasteiger partial charge in [0.25, 0.3) is 0 Å². The molecule has 2 saturated carbocycles. The summed E-state index contributed by atoms with van der Waals surface area (Å²) in [7, 11) is 2.78. The Morgan fingerprint density at radius 3 is 1.56 bits per heavy atom. The Hall–Kier alpha value is -1.32. The van der Waals surface area contributed by atoms with Crippen LogP contribution in [0.25, 0.3) is 0 Å². The zero-order chi connectivity index (χ0) is 12.9. The molecule has 6 atom stereocenters. The fourth-order valence-electron chi connectivity index (χ4n) is 4.18. The molecular weight excluding hydrogens is 232 g/mol. The van der Waals surface area contributed by atoms with Gasteiger partial charge >= 0.3 is 11.9 Å². The minimum absolute atomic E-state index is 0.158. The molecule has 18 heavy (non-hydrogen) atoms. The van der Waals surface area contributed by atoms with Crippen molar-refractivity contribution in [1.82, 2.24) is 0 Å². The van der Waals surface area contributed by atoms with Crippen LogP contribution in [0, 0.1) is 35.5 Å². The van der Waals surface area contributed by atoms with Crippen LogP contribution in [-0.2, 0) is 19.1 Å². The lowest BCUT2D eigenvalue weighted by atomic mass is 9.46. The van der Waals surface area contributed by atoms with E-state index in [1.807, 2.05) is 0 Å². The first-order valence-corrected chi connectivity index (χ1v) is 6.53. The molecule has 98 valence electrons. The lowest BCUT2D eigenvalue weighted by Crippen LogP contribution is -2.57. The van der Waals surface area contributed by atoms with E-state index in [1.54, 1.807) is 0 Å². The third-order valence-corrected chi connectivity index (χ3v) is 5.09. The number of hydrogen-bond donors (Lipinski definition) is 0. The zero-order valence-corrected chi connectivity index (χ0v) is 10.7. The van der Waals surface area contributed by atoms with Crippen molar-refractivity contribution < 1.29 is 19.1 Å². The highest BCUT2D eigenvalue weighted by atomic mass is 16.5. The molecule has 0 aliphatic heterocycles. The molecule has 6 unspecified atom stereocenters. The van der Waals surface area contributed by atoms with E-state index in [0.717, 1.165) is 12.8 Å². The predicted molar refractivity (Wildman–Crippen MR) is 63.3 cm³/mol. The van der Waals surface area contributed by atoms with Crippen molar-refractivity contribution in [3.8, 4) is 0 Å². The molecule has 4 heteroatoms. The summed E-state index contributed by atoms with van der Waals surface area (Å²) in [4.78, 5) is 24.0. The van der Waals surface area contributed by atoms with Gasteiger partial charge in [-0.2, -0.15) is 0 Å². The number of ether oxygens (including phenoxy) is 2.